The molecule has 0 saturated carbocycles. The fourth-order valence-electron chi connectivity index (χ4n) is 2.18. The van der Waals surface area contributed by atoms with E-state index < -0.39 is 17.6 Å². The number of para-hydroxylation sites is 2. The van der Waals surface area contributed by atoms with E-state index in [2.05, 4.69) is 4.98 Å². The maximum atomic E-state index is 13.6. The van der Waals surface area contributed by atoms with Crippen LogP contribution in [0.1, 0.15) is 26.7 Å². The number of hydrogen-bond donors (Lipinski definition) is 0. The Kier molecular flexibility index (Phi) is 4.79. The van der Waals surface area contributed by atoms with Crippen LogP contribution in [0.15, 0.2) is 46.9 Å². The summed E-state index contributed by atoms with van der Waals surface area (Å²) in [6, 6.07) is 11.0. The molecule has 0 radical (unpaired) electrons. The third kappa shape index (κ3) is 4.30. The predicted molar refractivity (Wildman–Crippen MR) is 91.6 cm³/mol. The van der Waals surface area contributed by atoms with E-state index in [0.29, 0.717) is 11.1 Å². The zero-order valence-electron chi connectivity index (χ0n) is 14.6. The van der Waals surface area contributed by atoms with E-state index in [0.717, 1.165) is 0 Å². The molecule has 3 aromatic rings. The smallest absolute Gasteiger partial charge is 0.481 e. The van der Waals surface area contributed by atoms with Crippen LogP contribution in [0.3, 0.4) is 0 Å². The molecule has 7 heteroatoms. The van der Waals surface area contributed by atoms with Gasteiger partial charge in [-0.25, -0.2) is 14.2 Å². The van der Waals surface area contributed by atoms with Gasteiger partial charge < -0.3 is 18.6 Å². The Balaban J connectivity index is 1.76. The standard InChI is InChI=1S/C19H18FNO5/c1-19(2,3)26-18(22)25-15-10-6-9-14-17(15)21-16(24-14)11-23-13-8-5-4-7-12(13)20/h4-10H,11H2,1-3H3. The highest BCUT2D eigenvalue weighted by Gasteiger charge is 2.20. The number of carbonyl (C=O) groups excluding carboxylic acids is 1. The van der Waals surface area contributed by atoms with Crippen LogP contribution in [-0.2, 0) is 11.3 Å². The number of rotatable bonds is 4. The van der Waals surface area contributed by atoms with Crippen molar-refractivity contribution in [3.05, 3.63) is 54.2 Å². The third-order valence-electron chi connectivity index (χ3n) is 3.20. The molecule has 0 atom stereocenters. The van der Waals surface area contributed by atoms with Crippen LogP contribution in [0.4, 0.5) is 9.18 Å². The summed E-state index contributed by atoms with van der Waals surface area (Å²) >= 11 is 0. The molecule has 0 N–H and O–H groups in total. The normalized spacial score (nSPS) is 11.4. The molecule has 3 rings (SSSR count). The maximum absolute atomic E-state index is 13.6. The first kappa shape index (κ1) is 17.7. The molecule has 0 unspecified atom stereocenters. The summed E-state index contributed by atoms with van der Waals surface area (Å²) in [6.07, 6.45) is -0.836. The van der Waals surface area contributed by atoms with Crippen molar-refractivity contribution in [3.63, 3.8) is 0 Å². The van der Waals surface area contributed by atoms with Crippen molar-refractivity contribution in [2.24, 2.45) is 0 Å². The average molecular weight is 359 g/mol. The zero-order valence-corrected chi connectivity index (χ0v) is 14.6. The summed E-state index contributed by atoms with van der Waals surface area (Å²) in [4.78, 5) is 16.1. The van der Waals surface area contributed by atoms with Crippen molar-refractivity contribution in [2.75, 3.05) is 0 Å². The molecule has 2 aromatic carbocycles. The second kappa shape index (κ2) is 7.03. The number of oxazole rings is 1. The summed E-state index contributed by atoms with van der Waals surface area (Å²) in [5, 5.41) is 0. The first-order chi connectivity index (χ1) is 12.3. The number of carbonyl (C=O) groups is 1. The second-order valence-corrected chi connectivity index (χ2v) is 6.50. The minimum Gasteiger partial charge on any atom is -0.481 e. The Hall–Kier alpha value is -3.09. The highest BCUT2D eigenvalue weighted by atomic mass is 19.1. The molecule has 0 saturated heterocycles. The van der Waals surface area contributed by atoms with E-state index in [-0.39, 0.29) is 24.0 Å². The quantitative estimate of drug-likeness (QED) is 0.489. The number of benzene rings is 2. The van der Waals surface area contributed by atoms with Gasteiger partial charge in [0.15, 0.2) is 35.0 Å². The van der Waals surface area contributed by atoms with Gasteiger partial charge in [-0.15, -0.1) is 0 Å². The lowest BCUT2D eigenvalue weighted by Crippen LogP contribution is -2.26. The Bertz CT molecular complexity index is 929. The Morgan fingerprint density at radius 2 is 1.85 bits per heavy atom. The van der Waals surface area contributed by atoms with Gasteiger partial charge in [-0.2, -0.15) is 0 Å². The summed E-state index contributed by atoms with van der Waals surface area (Å²) < 4.78 is 34.9. The van der Waals surface area contributed by atoms with Gasteiger partial charge in [0.25, 0.3) is 0 Å². The minimum absolute atomic E-state index is 0.0680. The molecule has 136 valence electrons. The topological polar surface area (TPSA) is 70.8 Å². The minimum atomic E-state index is -0.836. The Morgan fingerprint density at radius 3 is 2.58 bits per heavy atom. The number of fused-ring (bicyclic) bond motifs is 1. The fourth-order valence-corrected chi connectivity index (χ4v) is 2.18. The molecular formula is C19H18FNO5. The van der Waals surface area contributed by atoms with Gasteiger partial charge in [-0.3, -0.25) is 0 Å². The molecular weight excluding hydrogens is 341 g/mol. The summed E-state index contributed by atoms with van der Waals surface area (Å²) in [6.45, 7) is 5.15. The zero-order chi connectivity index (χ0) is 18.7. The molecule has 6 nitrogen and oxygen atoms in total. The number of aromatic nitrogens is 1. The molecule has 0 aliphatic carbocycles. The molecule has 0 fully saturated rings. The molecule has 0 aliphatic rings. The van der Waals surface area contributed by atoms with Crippen LogP contribution in [0.5, 0.6) is 11.5 Å². The first-order valence-electron chi connectivity index (χ1n) is 7.98. The molecule has 0 bridgehead atoms. The van der Waals surface area contributed by atoms with Crippen LogP contribution >= 0.6 is 0 Å². The van der Waals surface area contributed by atoms with Crippen LogP contribution in [-0.4, -0.2) is 16.7 Å². The van der Waals surface area contributed by atoms with E-state index >= 15 is 0 Å². The van der Waals surface area contributed by atoms with E-state index in [9.17, 15) is 9.18 Å². The van der Waals surface area contributed by atoms with Crippen molar-refractivity contribution in [1.29, 1.82) is 0 Å². The largest absolute Gasteiger partial charge is 0.514 e. The summed E-state index contributed by atoms with van der Waals surface area (Å²) in [5.41, 5.74) is 0.0942. The van der Waals surface area contributed by atoms with Gasteiger partial charge in [0.1, 0.15) is 5.60 Å². The van der Waals surface area contributed by atoms with Gasteiger partial charge >= 0.3 is 6.16 Å². The number of hydrogen-bond acceptors (Lipinski definition) is 6. The van der Waals surface area contributed by atoms with Crippen LogP contribution in [0, 0.1) is 5.82 Å². The Morgan fingerprint density at radius 1 is 1.12 bits per heavy atom. The van der Waals surface area contributed by atoms with Crippen molar-refractivity contribution in [2.45, 2.75) is 33.0 Å². The van der Waals surface area contributed by atoms with E-state index in [1.54, 1.807) is 51.1 Å². The van der Waals surface area contributed by atoms with Crippen LogP contribution in [0.25, 0.3) is 11.1 Å². The third-order valence-corrected chi connectivity index (χ3v) is 3.20. The van der Waals surface area contributed by atoms with Gasteiger partial charge in [-0.1, -0.05) is 18.2 Å². The molecule has 1 aromatic heterocycles. The summed E-state index contributed by atoms with van der Waals surface area (Å²) in [7, 11) is 0. The monoisotopic (exact) mass is 359 g/mol. The predicted octanol–water partition coefficient (Wildman–Crippen LogP) is 4.86. The lowest BCUT2D eigenvalue weighted by atomic mass is 10.2. The number of ether oxygens (including phenoxy) is 3. The van der Waals surface area contributed by atoms with Crippen molar-refractivity contribution in [1.82, 2.24) is 4.98 Å². The number of halogens is 1. The summed E-state index contributed by atoms with van der Waals surface area (Å²) in [5.74, 6) is 0.0543. The molecule has 1 heterocycles. The molecule has 0 amide bonds. The highest BCUT2D eigenvalue weighted by Crippen LogP contribution is 2.27. The van der Waals surface area contributed by atoms with E-state index in [1.807, 2.05) is 0 Å². The van der Waals surface area contributed by atoms with Crippen molar-refractivity contribution >= 4 is 17.3 Å². The Labute approximate surface area is 149 Å². The van der Waals surface area contributed by atoms with Gasteiger partial charge in [-0.05, 0) is 45.0 Å². The fraction of sp³-hybridized carbons (Fsp3) is 0.263. The first-order valence-corrected chi connectivity index (χ1v) is 7.98. The van der Waals surface area contributed by atoms with E-state index in [1.165, 1.54) is 12.1 Å². The average Bonchev–Trinajstić information content (AvgIpc) is 2.96. The lowest BCUT2D eigenvalue weighted by molar-refractivity contribution is 0.0209. The SMILES string of the molecule is CC(C)(C)OC(=O)Oc1cccc2oc(COc3ccccc3F)nc12. The second-order valence-electron chi connectivity index (χ2n) is 6.50. The van der Waals surface area contributed by atoms with Gasteiger partial charge in [0.05, 0.1) is 0 Å². The van der Waals surface area contributed by atoms with Crippen molar-refractivity contribution < 1.29 is 27.8 Å². The van der Waals surface area contributed by atoms with Gasteiger partial charge in [0.2, 0.25) is 5.89 Å². The van der Waals surface area contributed by atoms with Crippen molar-refractivity contribution in [3.8, 4) is 11.5 Å². The van der Waals surface area contributed by atoms with Crippen LogP contribution < -0.4 is 9.47 Å². The molecule has 0 spiro atoms. The lowest BCUT2D eigenvalue weighted by Gasteiger charge is -2.18. The molecule has 26 heavy (non-hydrogen) atoms. The van der Waals surface area contributed by atoms with E-state index in [4.69, 9.17) is 18.6 Å². The highest BCUT2D eigenvalue weighted by molar-refractivity contribution is 5.82. The maximum Gasteiger partial charge on any atom is 0.514 e. The van der Waals surface area contributed by atoms with Gasteiger partial charge in [0, 0.05) is 0 Å². The van der Waals surface area contributed by atoms with Crippen LogP contribution in [0.2, 0.25) is 0 Å². The number of nitrogens with zero attached hydrogens (tertiary/aromatic N) is 1. The molecule has 0 aliphatic heterocycles.